The summed E-state index contributed by atoms with van der Waals surface area (Å²) in [4.78, 5) is 10.9. The summed E-state index contributed by atoms with van der Waals surface area (Å²) in [7, 11) is 2.10. The van der Waals surface area contributed by atoms with E-state index in [1.54, 1.807) is 6.20 Å². The van der Waals surface area contributed by atoms with Crippen molar-refractivity contribution in [3.8, 4) is 0 Å². The van der Waals surface area contributed by atoms with Gasteiger partial charge >= 0.3 is 0 Å². The van der Waals surface area contributed by atoms with Gasteiger partial charge in [0, 0.05) is 42.8 Å². The predicted octanol–water partition coefficient (Wildman–Crippen LogP) is 2.84. The highest BCUT2D eigenvalue weighted by Gasteiger charge is 2.08. The largest absolute Gasteiger partial charge is 0.398 e. The third kappa shape index (κ3) is 3.01. The molecule has 2 heterocycles. The highest BCUT2D eigenvalue weighted by molar-refractivity contribution is 5.92. The predicted molar refractivity (Wildman–Crippen MR) is 85.6 cm³/mol. The van der Waals surface area contributed by atoms with Gasteiger partial charge in [0.25, 0.3) is 0 Å². The summed E-state index contributed by atoms with van der Waals surface area (Å²) in [6.07, 6.45) is 5.50. The Morgan fingerprint density at radius 2 is 1.90 bits per heavy atom. The Morgan fingerprint density at radius 1 is 1.05 bits per heavy atom. The van der Waals surface area contributed by atoms with Crippen molar-refractivity contribution in [2.24, 2.45) is 0 Å². The van der Waals surface area contributed by atoms with Gasteiger partial charge in [-0.15, -0.1) is 0 Å². The Labute approximate surface area is 124 Å². The fourth-order valence-corrected chi connectivity index (χ4v) is 2.53. The van der Waals surface area contributed by atoms with Gasteiger partial charge in [-0.25, -0.2) is 0 Å². The molecule has 0 atom stereocenters. The molecule has 2 N–H and O–H groups in total. The van der Waals surface area contributed by atoms with Gasteiger partial charge in [-0.3, -0.25) is 14.9 Å². The standard InChI is InChI=1S/C17H18N4/c1-21(11-13-4-2-8-19-10-13)12-14-6-7-16(18)15-5-3-9-20-17(14)15/h2-10H,11-12,18H2,1H3. The first-order valence-electron chi connectivity index (χ1n) is 6.93. The average molecular weight is 278 g/mol. The first kappa shape index (κ1) is 13.5. The van der Waals surface area contributed by atoms with Gasteiger partial charge < -0.3 is 5.73 Å². The molecule has 4 heteroatoms. The minimum absolute atomic E-state index is 0.775. The molecule has 1 aromatic carbocycles. The molecule has 4 nitrogen and oxygen atoms in total. The van der Waals surface area contributed by atoms with E-state index in [9.17, 15) is 0 Å². The van der Waals surface area contributed by atoms with E-state index < -0.39 is 0 Å². The van der Waals surface area contributed by atoms with Crippen molar-refractivity contribution in [3.63, 3.8) is 0 Å². The summed E-state index contributed by atoms with van der Waals surface area (Å²) in [5, 5.41) is 1.02. The van der Waals surface area contributed by atoms with Crippen molar-refractivity contribution in [2.75, 3.05) is 12.8 Å². The van der Waals surface area contributed by atoms with E-state index in [1.165, 1.54) is 11.1 Å². The number of aromatic nitrogens is 2. The molecule has 0 saturated heterocycles. The van der Waals surface area contributed by atoms with Crippen LogP contribution >= 0.6 is 0 Å². The summed E-state index contributed by atoms with van der Waals surface area (Å²) in [5.41, 5.74) is 10.2. The Hall–Kier alpha value is -2.46. The van der Waals surface area contributed by atoms with Gasteiger partial charge in [0.2, 0.25) is 0 Å². The lowest BCUT2D eigenvalue weighted by Crippen LogP contribution is -2.17. The summed E-state index contributed by atoms with van der Waals surface area (Å²) < 4.78 is 0. The molecular weight excluding hydrogens is 260 g/mol. The molecule has 0 radical (unpaired) electrons. The molecular formula is C17H18N4. The number of benzene rings is 1. The zero-order valence-corrected chi connectivity index (χ0v) is 12.0. The molecule has 0 aliphatic carbocycles. The third-order valence-electron chi connectivity index (χ3n) is 3.50. The number of hydrogen-bond donors (Lipinski definition) is 1. The zero-order chi connectivity index (χ0) is 14.7. The highest BCUT2D eigenvalue weighted by Crippen LogP contribution is 2.23. The van der Waals surface area contributed by atoms with Crippen molar-refractivity contribution in [3.05, 3.63) is 66.1 Å². The van der Waals surface area contributed by atoms with E-state index in [0.29, 0.717) is 0 Å². The number of nitrogen functional groups attached to an aromatic ring is 1. The molecule has 0 bridgehead atoms. The first-order chi connectivity index (χ1) is 10.2. The Bertz CT molecular complexity index is 740. The zero-order valence-electron chi connectivity index (χ0n) is 12.0. The SMILES string of the molecule is CN(Cc1cccnc1)Cc1ccc(N)c2cccnc12. The van der Waals surface area contributed by atoms with Crippen molar-refractivity contribution in [1.29, 1.82) is 0 Å². The normalized spacial score (nSPS) is 11.1. The van der Waals surface area contributed by atoms with Crippen LogP contribution in [-0.4, -0.2) is 21.9 Å². The number of fused-ring (bicyclic) bond motifs is 1. The van der Waals surface area contributed by atoms with Gasteiger partial charge in [-0.2, -0.15) is 0 Å². The van der Waals surface area contributed by atoms with Crippen LogP contribution in [0, 0.1) is 0 Å². The van der Waals surface area contributed by atoms with Crippen LogP contribution in [0.25, 0.3) is 10.9 Å². The fraction of sp³-hybridized carbons (Fsp3) is 0.176. The maximum absolute atomic E-state index is 6.02. The Balaban J connectivity index is 1.83. The Kier molecular flexibility index (Phi) is 3.79. The number of pyridine rings is 2. The molecule has 21 heavy (non-hydrogen) atoms. The molecule has 0 fully saturated rings. The summed E-state index contributed by atoms with van der Waals surface area (Å²) >= 11 is 0. The number of hydrogen-bond acceptors (Lipinski definition) is 4. The minimum atomic E-state index is 0.775. The summed E-state index contributed by atoms with van der Waals surface area (Å²) in [5.74, 6) is 0. The van der Waals surface area contributed by atoms with Crippen LogP contribution in [0.3, 0.4) is 0 Å². The van der Waals surface area contributed by atoms with Crippen LogP contribution < -0.4 is 5.73 Å². The van der Waals surface area contributed by atoms with Crippen molar-refractivity contribution in [1.82, 2.24) is 14.9 Å². The third-order valence-corrected chi connectivity index (χ3v) is 3.50. The molecule has 2 aromatic heterocycles. The van der Waals surface area contributed by atoms with Crippen molar-refractivity contribution < 1.29 is 0 Å². The molecule has 0 amide bonds. The first-order valence-corrected chi connectivity index (χ1v) is 6.93. The summed E-state index contributed by atoms with van der Waals surface area (Å²) in [6, 6.07) is 12.0. The quantitative estimate of drug-likeness (QED) is 0.746. The van der Waals surface area contributed by atoms with Gasteiger partial charge in [0.1, 0.15) is 0 Å². The lowest BCUT2D eigenvalue weighted by Gasteiger charge is -2.18. The van der Waals surface area contributed by atoms with Crippen LogP contribution in [0.2, 0.25) is 0 Å². The lowest BCUT2D eigenvalue weighted by molar-refractivity contribution is 0.319. The highest BCUT2D eigenvalue weighted by atomic mass is 15.1. The van der Waals surface area contributed by atoms with Gasteiger partial charge in [0.15, 0.2) is 0 Å². The molecule has 0 saturated carbocycles. The number of nitrogens with zero attached hydrogens (tertiary/aromatic N) is 3. The number of anilines is 1. The van der Waals surface area contributed by atoms with Gasteiger partial charge in [0.05, 0.1) is 5.52 Å². The van der Waals surface area contributed by atoms with Crippen LogP contribution in [0.4, 0.5) is 5.69 Å². The maximum Gasteiger partial charge on any atom is 0.0767 e. The van der Waals surface area contributed by atoms with E-state index in [4.69, 9.17) is 5.73 Å². The molecule has 0 aliphatic heterocycles. The van der Waals surface area contributed by atoms with E-state index in [1.807, 2.05) is 36.7 Å². The molecule has 0 aliphatic rings. The molecule has 0 unspecified atom stereocenters. The minimum Gasteiger partial charge on any atom is -0.398 e. The summed E-state index contributed by atoms with van der Waals surface area (Å²) in [6.45, 7) is 1.68. The Morgan fingerprint density at radius 3 is 2.71 bits per heavy atom. The molecule has 106 valence electrons. The van der Waals surface area contributed by atoms with Crippen molar-refractivity contribution in [2.45, 2.75) is 13.1 Å². The lowest BCUT2D eigenvalue weighted by atomic mass is 10.1. The van der Waals surface area contributed by atoms with Crippen molar-refractivity contribution >= 4 is 16.6 Å². The fourth-order valence-electron chi connectivity index (χ4n) is 2.53. The number of nitrogens with two attached hydrogens (primary N) is 1. The van der Waals surface area contributed by atoms with Crippen LogP contribution in [0.15, 0.2) is 55.0 Å². The second-order valence-corrected chi connectivity index (χ2v) is 5.25. The molecule has 3 rings (SSSR count). The van der Waals surface area contributed by atoms with Crippen LogP contribution in [0.5, 0.6) is 0 Å². The molecule has 0 spiro atoms. The topological polar surface area (TPSA) is 55.0 Å². The van der Waals surface area contributed by atoms with Crippen LogP contribution in [-0.2, 0) is 13.1 Å². The number of rotatable bonds is 4. The smallest absolute Gasteiger partial charge is 0.0767 e. The maximum atomic E-state index is 6.02. The van der Waals surface area contributed by atoms with E-state index in [0.717, 1.165) is 29.7 Å². The van der Waals surface area contributed by atoms with E-state index in [2.05, 4.69) is 34.0 Å². The second kappa shape index (κ2) is 5.89. The van der Waals surface area contributed by atoms with Gasteiger partial charge in [-0.05, 0) is 42.4 Å². The van der Waals surface area contributed by atoms with Gasteiger partial charge in [-0.1, -0.05) is 12.1 Å². The molecule has 3 aromatic rings. The van der Waals surface area contributed by atoms with E-state index >= 15 is 0 Å². The van der Waals surface area contributed by atoms with E-state index in [-0.39, 0.29) is 0 Å². The monoisotopic (exact) mass is 278 g/mol. The average Bonchev–Trinajstić information content (AvgIpc) is 2.51. The second-order valence-electron chi connectivity index (χ2n) is 5.25. The van der Waals surface area contributed by atoms with Crippen LogP contribution in [0.1, 0.15) is 11.1 Å².